The Balaban J connectivity index is 1.48. The van der Waals surface area contributed by atoms with Crippen LogP contribution in [-0.2, 0) is 9.53 Å². The molecule has 8 atom stereocenters. The van der Waals surface area contributed by atoms with Gasteiger partial charge >= 0.3 is 5.97 Å². The molecule has 0 N–H and O–H groups in total. The van der Waals surface area contributed by atoms with Crippen molar-refractivity contribution in [1.82, 2.24) is 0 Å². The van der Waals surface area contributed by atoms with Gasteiger partial charge in [0.15, 0.2) is 0 Å². The Hall–Kier alpha value is -0.790. The fourth-order valence-corrected chi connectivity index (χ4v) is 9.26. The summed E-state index contributed by atoms with van der Waals surface area (Å²) in [6.07, 6.45) is 18.7. The molecule has 0 aromatic carbocycles. The highest BCUT2D eigenvalue weighted by atomic mass is 16.5. The maximum Gasteiger partial charge on any atom is 0.302 e. The van der Waals surface area contributed by atoms with Crippen molar-refractivity contribution in [2.45, 2.75) is 125 Å². The van der Waals surface area contributed by atoms with Crippen LogP contribution in [0.3, 0.4) is 0 Å². The van der Waals surface area contributed by atoms with E-state index in [4.69, 9.17) is 4.74 Å². The summed E-state index contributed by atoms with van der Waals surface area (Å²) in [5, 5.41) is 0. The van der Waals surface area contributed by atoms with Gasteiger partial charge in [0.2, 0.25) is 0 Å². The van der Waals surface area contributed by atoms with Crippen LogP contribution < -0.4 is 0 Å². The molecule has 0 heterocycles. The van der Waals surface area contributed by atoms with Gasteiger partial charge < -0.3 is 4.74 Å². The summed E-state index contributed by atoms with van der Waals surface area (Å²) in [6.45, 7) is 14.0. The molecule has 0 aromatic heterocycles. The van der Waals surface area contributed by atoms with E-state index in [1.165, 1.54) is 64.2 Å². The summed E-state index contributed by atoms with van der Waals surface area (Å²) >= 11 is 0. The highest BCUT2D eigenvalue weighted by Crippen LogP contribution is 2.67. The van der Waals surface area contributed by atoms with Crippen molar-refractivity contribution >= 4 is 5.97 Å². The Morgan fingerprint density at radius 2 is 1.88 bits per heavy atom. The summed E-state index contributed by atoms with van der Waals surface area (Å²) in [6, 6.07) is 0. The molecular weight excluding hydrogens is 392 g/mol. The van der Waals surface area contributed by atoms with Crippen LogP contribution in [0.4, 0.5) is 0 Å². The third-order valence-corrected chi connectivity index (χ3v) is 10.9. The zero-order chi connectivity index (χ0) is 23.1. The summed E-state index contributed by atoms with van der Waals surface area (Å²) in [4.78, 5) is 11.5. The van der Waals surface area contributed by atoms with Crippen LogP contribution in [0.25, 0.3) is 0 Å². The molecule has 32 heavy (non-hydrogen) atoms. The van der Waals surface area contributed by atoms with E-state index in [9.17, 15) is 4.79 Å². The predicted molar refractivity (Wildman–Crippen MR) is 133 cm³/mol. The van der Waals surface area contributed by atoms with E-state index in [0.29, 0.717) is 10.8 Å². The SMILES string of the molecule is CCC(CCCC(C)C)[C@H]1CC[C@H]2[C@@H]3CC=C4C[C@@H](OC(C)=O)CC[C@]4(C)[C@H]3CC[C@]12C. The molecule has 0 aliphatic heterocycles. The van der Waals surface area contributed by atoms with E-state index >= 15 is 0 Å². The number of fused-ring (bicyclic) bond motifs is 5. The van der Waals surface area contributed by atoms with Gasteiger partial charge in [-0.3, -0.25) is 4.79 Å². The highest BCUT2D eigenvalue weighted by molar-refractivity contribution is 5.66. The Labute approximate surface area is 198 Å². The molecule has 4 aliphatic rings. The fraction of sp³-hybridized carbons (Fsp3) is 0.900. The minimum absolute atomic E-state index is 0.114. The van der Waals surface area contributed by atoms with Gasteiger partial charge in [-0.05, 0) is 91.3 Å². The number of rotatable bonds is 7. The topological polar surface area (TPSA) is 26.3 Å². The number of carbonyl (C=O) groups excluding carboxylic acids is 1. The van der Waals surface area contributed by atoms with Gasteiger partial charge in [0.25, 0.3) is 0 Å². The second-order valence-corrected chi connectivity index (χ2v) is 13.0. The Morgan fingerprint density at radius 1 is 1.09 bits per heavy atom. The van der Waals surface area contributed by atoms with Crippen LogP contribution in [0.5, 0.6) is 0 Å². The maximum atomic E-state index is 11.5. The highest BCUT2D eigenvalue weighted by Gasteiger charge is 2.59. The Bertz CT molecular complexity index is 708. The average Bonchev–Trinajstić information content (AvgIpc) is 3.08. The summed E-state index contributed by atoms with van der Waals surface area (Å²) in [5.41, 5.74) is 2.53. The van der Waals surface area contributed by atoms with Gasteiger partial charge in [-0.15, -0.1) is 0 Å². The van der Waals surface area contributed by atoms with E-state index in [-0.39, 0.29) is 12.1 Å². The minimum atomic E-state index is -0.114. The molecule has 0 radical (unpaired) electrons. The summed E-state index contributed by atoms with van der Waals surface area (Å²) < 4.78 is 5.63. The first kappa shape index (κ1) is 24.3. The molecule has 4 aliphatic carbocycles. The molecule has 0 spiro atoms. The smallest absolute Gasteiger partial charge is 0.302 e. The van der Waals surface area contributed by atoms with E-state index < -0.39 is 0 Å². The van der Waals surface area contributed by atoms with E-state index in [1.54, 1.807) is 12.5 Å². The van der Waals surface area contributed by atoms with E-state index in [0.717, 1.165) is 48.3 Å². The lowest BCUT2D eigenvalue weighted by atomic mass is 9.47. The number of carbonyl (C=O) groups is 1. The van der Waals surface area contributed by atoms with E-state index in [1.807, 2.05) is 0 Å². The third-order valence-electron chi connectivity index (χ3n) is 10.9. The lowest BCUT2D eigenvalue weighted by Crippen LogP contribution is -2.51. The van der Waals surface area contributed by atoms with Gasteiger partial charge in [0.05, 0.1) is 0 Å². The molecule has 1 unspecified atom stereocenters. The standard InChI is InChI=1S/C30H50O2/c1-7-22(10-8-9-20(2)3)26-13-14-27-25-12-11-23-19-24(32-21(4)31)15-17-29(23,5)28(25)16-18-30(26,27)6/h11,20,22,24-28H,7-10,12-19H2,1-6H3/t22?,24-,25-,26+,27-,28-,29-,30+/m0/s1. The molecule has 0 amide bonds. The van der Waals surface area contributed by atoms with Crippen LogP contribution in [0.1, 0.15) is 119 Å². The number of esters is 1. The van der Waals surface area contributed by atoms with Crippen molar-refractivity contribution in [2.75, 3.05) is 0 Å². The van der Waals surface area contributed by atoms with Crippen LogP contribution >= 0.6 is 0 Å². The monoisotopic (exact) mass is 442 g/mol. The van der Waals surface area contributed by atoms with Crippen molar-refractivity contribution in [3.63, 3.8) is 0 Å². The number of hydrogen-bond acceptors (Lipinski definition) is 2. The van der Waals surface area contributed by atoms with Crippen molar-refractivity contribution in [3.05, 3.63) is 11.6 Å². The lowest BCUT2D eigenvalue weighted by Gasteiger charge is -2.58. The van der Waals surface area contributed by atoms with Crippen LogP contribution in [0.2, 0.25) is 0 Å². The van der Waals surface area contributed by atoms with Crippen molar-refractivity contribution in [3.8, 4) is 0 Å². The van der Waals surface area contributed by atoms with Gasteiger partial charge in [0.1, 0.15) is 6.10 Å². The normalized spacial score (nSPS) is 42.0. The van der Waals surface area contributed by atoms with E-state index in [2.05, 4.69) is 40.7 Å². The molecule has 0 aromatic rings. The largest absolute Gasteiger partial charge is 0.462 e. The first-order valence-electron chi connectivity index (χ1n) is 14.1. The van der Waals surface area contributed by atoms with Crippen LogP contribution in [-0.4, -0.2) is 12.1 Å². The maximum absolute atomic E-state index is 11.5. The lowest BCUT2D eigenvalue weighted by molar-refractivity contribution is -0.148. The molecule has 4 rings (SSSR count). The molecule has 3 saturated carbocycles. The second-order valence-electron chi connectivity index (χ2n) is 13.0. The second kappa shape index (κ2) is 9.46. The summed E-state index contributed by atoms with van der Waals surface area (Å²) in [5.74, 6) is 5.26. The van der Waals surface area contributed by atoms with Gasteiger partial charge in [-0.1, -0.05) is 72.0 Å². The van der Waals surface area contributed by atoms with Crippen molar-refractivity contribution < 1.29 is 9.53 Å². The first-order chi connectivity index (χ1) is 15.2. The average molecular weight is 443 g/mol. The van der Waals surface area contributed by atoms with Gasteiger partial charge in [-0.2, -0.15) is 0 Å². The van der Waals surface area contributed by atoms with Crippen LogP contribution in [0, 0.1) is 46.3 Å². The number of ether oxygens (including phenoxy) is 1. The van der Waals surface area contributed by atoms with Gasteiger partial charge in [-0.25, -0.2) is 0 Å². The number of hydrogen-bond donors (Lipinski definition) is 0. The van der Waals surface area contributed by atoms with Gasteiger partial charge in [0, 0.05) is 13.3 Å². The Kier molecular flexibility index (Phi) is 7.19. The molecule has 2 nitrogen and oxygen atoms in total. The molecule has 0 saturated heterocycles. The first-order valence-corrected chi connectivity index (χ1v) is 14.1. The molecule has 2 heteroatoms. The summed E-state index contributed by atoms with van der Waals surface area (Å²) in [7, 11) is 0. The quantitative estimate of drug-likeness (QED) is 0.292. The number of allylic oxidation sites excluding steroid dienone is 1. The third kappa shape index (κ3) is 4.34. The Morgan fingerprint density at radius 3 is 2.56 bits per heavy atom. The zero-order valence-corrected chi connectivity index (χ0v) is 21.9. The fourth-order valence-electron chi connectivity index (χ4n) is 9.26. The zero-order valence-electron chi connectivity index (χ0n) is 21.9. The van der Waals surface area contributed by atoms with Crippen molar-refractivity contribution in [2.24, 2.45) is 46.3 Å². The molecular formula is C30H50O2. The predicted octanol–water partition coefficient (Wildman–Crippen LogP) is 8.35. The van der Waals surface area contributed by atoms with Crippen LogP contribution in [0.15, 0.2) is 11.6 Å². The molecule has 0 bridgehead atoms. The molecule has 182 valence electrons. The molecule has 3 fully saturated rings. The van der Waals surface area contributed by atoms with Crippen molar-refractivity contribution in [1.29, 1.82) is 0 Å². The minimum Gasteiger partial charge on any atom is -0.462 e.